The van der Waals surface area contributed by atoms with Crippen LogP contribution in [0.1, 0.15) is 33.9 Å². The molecule has 42 heavy (non-hydrogen) atoms. The lowest BCUT2D eigenvalue weighted by Crippen LogP contribution is -2.42. The van der Waals surface area contributed by atoms with Gasteiger partial charge in [-0.2, -0.15) is 5.09 Å². The van der Waals surface area contributed by atoms with Crippen LogP contribution in [0.15, 0.2) is 88.5 Å². The molecule has 1 fully saturated rings. The van der Waals surface area contributed by atoms with Gasteiger partial charge in [-0.3, -0.25) is 19.1 Å². The van der Waals surface area contributed by atoms with E-state index < -0.39 is 60.9 Å². The molecule has 1 aromatic heterocycles. The fourth-order valence-electron chi connectivity index (χ4n) is 4.11. The van der Waals surface area contributed by atoms with E-state index >= 15 is 4.39 Å². The molecule has 0 saturated carbocycles. The molecule has 0 amide bonds. The van der Waals surface area contributed by atoms with Crippen molar-refractivity contribution in [1.82, 2.24) is 14.6 Å². The Bertz CT molecular complexity index is 1620. The molecule has 0 aliphatic carbocycles. The number of aromatic nitrogens is 2. The average molecular weight is 604 g/mol. The predicted octanol–water partition coefficient (Wildman–Crippen LogP) is 3.80. The zero-order valence-electron chi connectivity index (χ0n) is 23.2. The quantitative estimate of drug-likeness (QED) is 0.177. The van der Waals surface area contributed by atoms with Crippen molar-refractivity contribution in [3.8, 4) is 16.9 Å². The molecule has 14 heteroatoms. The normalized spacial score (nSPS) is 23.2. The lowest BCUT2D eigenvalue weighted by molar-refractivity contribution is -0.149. The number of nitrogens with one attached hydrogen (secondary N) is 2. The van der Waals surface area contributed by atoms with Crippen LogP contribution in [-0.4, -0.2) is 44.5 Å². The highest BCUT2D eigenvalue weighted by Gasteiger charge is 2.54. The number of benzene rings is 2. The molecule has 224 valence electrons. The first-order valence-electron chi connectivity index (χ1n) is 13.0. The maximum Gasteiger partial charge on any atom is 0.513 e. The summed E-state index contributed by atoms with van der Waals surface area (Å²) in [7, 11) is -4.53. The third kappa shape index (κ3) is 6.81. The van der Waals surface area contributed by atoms with Gasteiger partial charge in [0.05, 0.1) is 6.10 Å². The summed E-state index contributed by atoms with van der Waals surface area (Å²) in [6.07, 6.45) is -2.44. The minimum absolute atomic E-state index is 0.128. The highest BCUT2D eigenvalue weighted by Crippen LogP contribution is 2.49. The number of hydrogen-bond donors (Lipinski definition) is 3. The first-order chi connectivity index (χ1) is 19.8. The van der Waals surface area contributed by atoms with Gasteiger partial charge in [-0.05, 0) is 39.3 Å². The minimum Gasteiger partial charge on any atom is -0.465 e. The Morgan fingerprint density at radius 3 is 2.48 bits per heavy atom. The van der Waals surface area contributed by atoms with Gasteiger partial charge in [-0.15, -0.1) is 0 Å². The molecule has 1 aliphatic rings. The molecule has 3 aromatic rings. The third-order valence-electron chi connectivity index (χ3n) is 6.19. The van der Waals surface area contributed by atoms with E-state index in [1.54, 1.807) is 38.1 Å². The molecule has 3 N–H and O–H groups in total. The van der Waals surface area contributed by atoms with Gasteiger partial charge in [0.15, 0.2) is 17.5 Å². The monoisotopic (exact) mass is 603 g/mol. The number of rotatable bonds is 10. The van der Waals surface area contributed by atoms with Crippen LogP contribution in [0.2, 0.25) is 0 Å². The topological polar surface area (TPSA) is 158 Å². The largest absolute Gasteiger partial charge is 0.513 e. The highest BCUT2D eigenvalue weighted by atomic mass is 31.2. The Balaban J connectivity index is 1.68. The summed E-state index contributed by atoms with van der Waals surface area (Å²) < 4.78 is 52.5. The van der Waals surface area contributed by atoms with Crippen molar-refractivity contribution < 1.29 is 37.4 Å². The summed E-state index contributed by atoms with van der Waals surface area (Å²) in [6, 6.07) is 15.6. The lowest BCUT2D eigenvalue weighted by Gasteiger charge is -2.23. The molecule has 1 aliphatic heterocycles. The van der Waals surface area contributed by atoms with Gasteiger partial charge in [0.1, 0.15) is 18.1 Å². The van der Waals surface area contributed by atoms with Crippen molar-refractivity contribution in [1.29, 1.82) is 0 Å². The summed E-state index contributed by atoms with van der Waals surface area (Å²) in [5, 5.41) is 13.2. The van der Waals surface area contributed by atoms with Crippen LogP contribution in [0.4, 0.5) is 4.39 Å². The van der Waals surface area contributed by atoms with Crippen molar-refractivity contribution in [2.24, 2.45) is 0 Å². The van der Waals surface area contributed by atoms with Gasteiger partial charge in [-0.1, -0.05) is 48.5 Å². The number of alkyl halides is 1. The van der Waals surface area contributed by atoms with E-state index in [0.29, 0.717) is 11.8 Å². The molecular formula is C28H31FN3O9P. The molecule has 5 atom stereocenters. The number of aliphatic hydroxyl groups is 1. The minimum atomic E-state index is -4.53. The molecule has 0 radical (unpaired) electrons. The van der Waals surface area contributed by atoms with Crippen LogP contribution in [0.5, 0.6) is 5.75 Å². The second-order valence-electron chi connectivity index (χ2n) is 9.95. The number of hydrogen-bond acceptors (Lipinski definition) is 9. The number of nitrogens with zero attached hydrogens (tertiary/aromatic N) is 1. The van der Waals surface area contributed by atoms with Crippen LogP contribution in [0.3, 0.4) is 0 Å². The number of esters is 1. The summed E-state index contributed by atoms with van der Waals surface area (Å²) >= 11 is 0. The van der Waals surface area contributed by atoms with Crippen molar-refractivity contribution in [2.45, 2.75) is 57.8 Å². The molecule has 12 nitrogen and oxygen atoms in total. The molecule has 0 spiro atoms. The molecule has 4 rings (SSSR count). The number of aromatic amines is 1. The summed E-state index contributed by atoms with van der Waals surface area (Å²) in [4.78, 5) is 38.2. The Labute approximate surface area is 240 Å². The summed E-state index contributed by atoms with van der Waals surface area (Å²) in [6.45, 7) is 5.66. The van der Waals surface area contributed by atoms with Gasteiger partial charge in [0, 0.05) is 17.8 Å². The second kappa shape index (κ2) is 12.4. The number of halogens is 1. The second-order valence-corrected chi connectivity index (χ2v) is 11.6. The van der Waals surface area contributed by atoms with Gasteiger partial charge in [0.25, 0.3) is 5.56 Å². The van der Waals surface area contributed by atoms with E-state index in [0.717, 1.165) is 29.3 Å². The number of para-hydroxylation sites is 1. The Morgan fingerprint density at radius 2 is 1.81 bits per heavy atom. The van der Waals surface area contributed by atoms with E-state index in [2.05, 4.69) is 5.09 Å². The van der Waals surface area contributed by atoms with Gasteiger partial charge >= 0.3 is 19.4 Å². The van der Waals surface area contributed by atoms with Crippen LogP contribution in [0, 0.1) is 0 Å². The molecule has 0 bridgehead atoms. The number of ether oxygens (including phenoxy) is 2. The first kappa shape index (κ1) is 30.8. The third-order valence-corrected chi connectivity index (χ3v) is 7.72. The maximum atomic E-state index is 15.6. The Hall–Kier alpha value is -4.19. The van der Waals surface area contributed by atoms with Gasteiger partial charge < -0.3 is 23.6 Å². The van der Waals surface area contributed by atoms with Crippen LogP contribution in [-0.2, 0) is 23.4 Å². The number of carbonyl (C=O) groups is 1. The first-order valence-corrected chi connectivity index (χ1v) is 14.5. The molecular weight excluding hydrogens is 572 g/mol. The number of aliphatic hydroxyl groups excluding tert-OH is 1. The Morgan fingerprint density at radius 1 is 1.14 bits per heavy atom. The maximum absolute atomic E-state index is 15.6. The molecule has 1 unspecified atom stereocenters. The van der Waals surface area contributed by atoms with Crippen LogP contribution < -0.4 is 20.9 Å². The smallest absolute Gasteiger partial charge is 0.465 e. The van der Waals surface area contributed by atoms with E-state index in [4.69, 9.17) is 18.5 Å². The fraction of sp³-hybridized carbons (Fsp3) is 0.321. The SMILES string of the molecule is CC(C)OC(=O)[C@H](C)NP(=O)(O/C=C1/O[C@@H](n2ccc(=O)[nH]c2=O)[C@](C)(F)[C@@H]1O)Oc1ccccc1-c1ccccc1. The molecule has 2 heterocycles. The summed E-state index contributed by atoms with van der Waals surface area (Å²) in [5.74, 6) is -1.14. The van der Waals surface area contributed by atoms with E-state index in [1.807, 2.05) is 35.3 Å². The predicted molar refractivity (Wildman–Crippen MR) is 150 cm³/mol. The average Bonchev–Trinajstić information content (AvgIpc) is 3.16. The zero-order valence-corrected chi connectivity index (χ0v) is 24.1. The molecule has 1 saturated heterocycles. The van der Waals surface area contributed by atoms with Crippen molar-refractivity contribution in [3.63, 3.8) is 0 Å². The zero-order chi connectivity index (χ0) is 30.7. The van der Waals surface area contributed by atoms with E-state index in [-0.39, 0.29) is 5.75 Å². The highest BCUT2D eigenvalue weighted by molar-refractivity contribution is 7.52. The number of carbonyl (C=O) groups excluding carboxylic acids is 1. The Kier molecular flexibility index (Phi) is 9.05. The van der Waals surface area contributed by atoms with Gasteiger partial charge in [0.2, 0.25) is 6.23 Å². The lowest BCUT2D eigenvalue weighted by atomic mass is 10.0. The van der Waals surface area contributed by atoms with Crippen molar-refractivity contribution in [2.75, 3.05) is 0 Å². The van der Waals surface area contributed by atoms with Crippen LogP contribution in [0.25, 0.3) is 11.1 Å². The van der Waals surface area contributed by atoms with Crippen LogP contribution >= 0.6 is 7.75 Å². The molecule has 2 aromatic carbocycles. The standard InChI is InChI=1S/C28H31FN3O9P/c1-17(2)39-25(35)18(3)31-42(37,41-21-13-9-8-12-20(21)19-10-6-5-7-11-19)38-16-22-24(34)28(4,29)26(40-22)32-15-14-23(33)30-27(32)36/h5-18,24,26,34H,1-4H3,(H,31,37)(H,30,33,36)/b22-16+/t18-,24+,26+,28+,42?/m0/s1. The van der Waals surface area contributed by atoms with Crippen molar-refractivity contribution in [3.05, 3.63) is 99.7 Å². The number of H-pyrrole nitrogens is 1. The van der Waals surface area contributed by atoms with E-state index in [9.17, 15) is 24.1 Å². The summed E-state index contributed by atoms with van der Waals surface area (Å²) in [5.41, 5.74) is -2.97. The van der Waals surface area contributed by atoms with Gasteiger partial charge in [-0.25, -0.2) is 13.8 Å². The fourth-order valence-corrected chi connectivity index (χ4v) is 5.51. The van der Waals surface area contributed by atoms with E-state index in [1.165, 1.54) is 6.92 Å². The van der Waals surface area contributed by atoms with Crippen molar-refractivity contribution >= 4 is 13.7 Å².